The number of piperazine rings is 1. The summed E-state index contributed by atoms with van der Waals surface area (Å²) < 4.78 is 38.8. The first kappa shape index (κ1) is 20.3. The highest BCUT2D eigenvalue weighted by atomic mass is 19.4. The molecule has 1 aliphatic rings. The fraction of sp³-hybridized carbons (Fsp3) is 0.348. The van der Waals surface area contributed by atoms with Crippen molar-refractivity contribution in [2.75, 3.05) is 31.1 Å². The van der Waals surface area contributed by atoms with Gasteiger partial charge in [0.15, 0.2) is 0 Å². The van der Waals surface area contributed by atoms with Crippen LogP contribution in [0.5, 0.6) is 0 Å². The van der Waals surface area contributed by atoms with Crippen LogP contribution in [0.25, 0.3) is 10.9 Å². The van der Waals surface area contributed by atoms with Gasteiger partial charge in [0.25, 0.3) is 0 Å². The maximum atomic E-state index is 12.9. The summed E-state index contributed by atoms with van der Waals surface area (Å²) in [6.07, 6.45) is -0.265. The van der Waals surface area contributed by atoms with E-state index in [9.17, 15) is 18.0 Å². The van der Waals surface area contributed by atoms with Crippen molar-refractivity contribution in [3.05, 3.63) is 65.9 Å². The number of aromatic amines is 1. The number of benzene rings is 2. The van der Waals surface area contributed by atoms with Gasteiger partial charge >= 0.3 is 6.18 Å². The SMILES string of the molecule is O=C(CCCc1c[nH]c2ccccc12)N1CCN(c2cccc(C(F)(F)F)c2)CC1. The molecule has 2 aromatic carbocycles. The van der Waals surface area contributed by atoms with Crippen molar-refractivity contribution in [1.82, 2.24) is 9.88 Å². The average molecular weight is 415 g/mol. The number of para-hydroxylation sites is 1. The first-order valence-electron chi connectivity index (χ1n) is 10.2. The predicted molar refractivity (Wildman–Crippen MR) is 111 cm³/mol. The van der Waals surface area contributed by atoms with E-state index in [-0.39, 0.29) is 5.91 Å². The van der Waals surface area contributed by atoms with Crippen LogP contribution in [-0.4, -0.2) is 42.0 Å². The zero-order valence-corrected chi connectivity index (χ0v) is 16.6. The van der Waals surface area contributed by atoms with Crippen LogP contribution in [0.15, 0.2) is 54.7 Å². The fourth-order valence-electron chi connectivity index (χ4n) is 4.02. The van der Waals surface area contributed by atoms with Crippen LogP contribution in [0, 0.1) is 0 Å². The second kappa shape index (κ2) is 8.42. The molecule has 0 aliphatic carbocycles. The van der Waals surface area contributed by atoms with Crippen molar-refractivity contribution in [2.45, 2.75) is 25.4 Å². The van der Waals surface area contributed by atoms with Crippen LogP contribution in [0.2, 0.25) is 0 Å². The van der Waals surface area contributed by atoms with E-state index in [2.05, 4.69) is 11.1 Å². The molecule has 1 amide bonds. The van der Waals surface area contributed by atoms with Crippen LogP contribution >= 0.6 is 0 Å². The number of amides is 1. The van der Waals surface area contributed by atoms with E-state index in [1.54, 1.807) is 6.07 Å². The quantitative estimate of drug-likeness (QED) is 0.647. The number of aromatic nitrogens is 1. The Morgan fingerprint density at radius 1 is 1.00 bits per heavy atom. The van der Waals surface area contributed by atoms with E-state index in [1.165, 1.54) is 23.1 Å². The van der Waals surface area contributed by atoms with E-state index < -0.39 is 11.7 Å². The summed E-state index contributed by atoms with van der Waals surface area (Å²) in [4.78, 5) is 19.5. The Morgan fingerprint density at radius 2 is 1.77 bits per heavy atom. The highest BCUT2D eigenvalue weighted by Gasteiger charge is 2.31. The third-order valence-electron chi connectivity index (χ3n) is 5.68. The number of H-pyrrole nitrogens is 1. The van der Waals surface area contributed by atoms with Gasteiger partial charge in [-0.15, -0.1) is 0 Å². The standard InChI is InChI=1S/C23H24F3N3O/c24-23(25,26)18-6-4-7-19(15-18)28-11-13-29(14-12-28)22(30)10-3-5-17-16-27-21-9-2-1-8-20(17)21/h1-2,4,6-9,15-16,27H,3,5,10-14H2. The lowest BCUT2D eigenvalue weighted by atomic mass is 10.1. The lowest BCUT2D eigenvalue weighted by molar-refractivity contribution is -0.137. The maximum Gasteiger partial charge on any atom is 0.416 e. The first-order chi connectivity index (χ1) is 14.4. The Bertz CT molecular complexity index is 1020. The predicted octanol–water partition coefficient (Wildman–Crippen LogP) is 4.86. The van der Waals surface area contributed by atoms with Crippen LogP contribution in [0.1, 0.15) is 24.0 Å². The summed E-state index contributed by atoms with van der Waals surface area (Å²) in [5.41, 5.74) is 2.23. The minimum absolute atomic E-state index is 0.110. The van der Waals surface area contributed by atoms with Crippen LogP contribution in [-0.2, 0) is 17.4 Å². The molecule has 2 heterocycles. The Balaban J connectivity index is 1.27. The lowest BCUT2D eigenvalue weighted by Crippen LogP contribution is -2.48. The number of carbonyl (C=O) groups excluding carboxylic acids is 1. The molecule has 0 bridgehead atoms. The summed E-state index contributed by atoms with van der Waals surface area (Å²) in [5, 5.41) is 1.19. The van der Waals surface area contributed by atoms with Gasteiger partial charge in [-0.3, -0.25) is 4.79 Å². The van der Waals surface area contributed by atoms with E-state index >= 15 is 0 Å². The number of nitrogens with one attached hydrogen (secondary N) is 1. The number of nitrogens with zero attached hydrogens (tertiary/aromatic N) is 2. The van der Waals surface area contributed by atoms with Gasteiger partial charge in [-0.25, -0.2) is 0 Å². The topological polar surface area (TPSA) is 39.3 Å². The molecule has 1 aromatic heterocycles. The summed E-state index contributed by atoms with van der Waals surface area (Å²) in [6, 6.07) is 13.5. The normalized spacial score (nSPS) is 15.0. The number of rotatable bonds is 5. The number of anilines is 1. The number of carbonyl (C=O) groups is 1. The zero-order valence-electron chi connectivity index (χ0n) is 16.6. The number of hydrogen-bond acceptors (Lipinski definition) is 2. The minimum atomic E-state index is -4.35. The Kier molecular flexibility index (Phi) is 5.70. The molecule has 3 aromatic rings. The zero-order chi connectivity index (χ0) is 21.1. The molecule has 30 heavy (non-hydrogen) atoms. The van der Waals surface area contributed by atoms with Gasteiger partial charge < -0.3 is 14.8 Å². The van der Waals surface area contributed by atoms with E-state index in [0.29, 0.717) is 38.3 Å². The third kappa shape index (κ3) is 4.45. The highest BCUT2D eigenvalue weighted by Crippen LogP contribution is 2.32. The van der Waals surface area contributed by atoms with Gasteiger partial charge in [-0.2, -0.15) is 13.2 Å². The summed E-state index contributed by atoms with van der Waals surface area (Å²) in [7, 11) is 0. The first-order valence-corrected chi connectivity index (χ1v) is 10.2. The molecule has 1 aliphatic heterocycles. The monoisotopic (exact) mass is 415 g/mol. The molecule has 158 valence electrons. The molecule has 1 saturated heterocycles. The average Bonchev–Trinajstić information content (AvgIpc) is 3.16. The maximum absolute atomic E-state index is 12.9. The second-order valence-electron chi connectivity index (χ2n) is 7.63. The molecule has 0 atom stereocenters. The van der Waals surface area contributed by atoms with Crippen molar-refractivity contribution < 1.29 is 18.0 Å². The molecule has 4 nitrogen and oxygen atoms in total. The van der Waals surface area contributed by atoms with Gasteiger partial charge in [0.2, 0.25) is 5.91 Å². The van der Waals surface area contributed by atoms with E-state index in [4.69, 9.17) is 0 Å². The van der Waals surface area contributed by atoms with Crippen molar-refractivity contribution in [2.24, 2.45) is 0 Å². The molecule has 4 rings (SSSR count). The van der Waals surface area contributed by atoms with Crippen molar-refractivity contribution in [3.63, 3.8) is 0 Å². The molecule has 0 saturated carbocycles. The third-order valence-corrected chi connectivity index (χ3v) is 5.68. The van der Waals surface area contributed by atoms with Crippen LogP contribution in [0.3, 0.4) is 0 Å². The molecule has 0 unspecified atom stereocenters. The molecule has 7 heteroatoms. The van der Waals surface area contributed by atoms with Gasteiger partial charge in [0.1, 0.15) is 0 Å². The van der Waals surface area contributed by atoms with Crippen LogP contribution in [0.4, 0.5) is 18.9 Å². The lowest BCUT2D eigenvalue weighted by Gasteiger charge is -2.36. The minimum Gasteiger partial charge on any atom is -0.368 e. The van der Waals surface area contributed by atoms with Gasteiger partial charge in [0.05, 0.1) is 5.56 Å². The van der Waals surface area contributed by atoms with E-state index in [1.807, 2.05) is 34.2 Å². The summed E-state index contributed by atoms with van der Waals surface area (Å²) in [6.45, 7) is 2.13. The smallest absolute Gasteiger partial charge is 0.368 e. The number of alkyl halides is 3. The highest BCUT2D eigenvalue weighted by molar-refractivity contribution is 5.83. The largest absolute Gasteiger partial charge is 0.416 e. The van der Waals surface area contributed by atoms with Crippen molar-refractivity contribution in [3.8, 4) is 0 Å². The number of fused-ring (bicyclic) bond motifs is 1. The molecule has 0 spiro atoms. The Labute approximate surface area is 173 Å². The number of hydrogen-bond donors (Lipinski definition) is 1. The van der Waals surface area contributed by atoms with Crippen LogP contribution < -0.4 is 4.90 Å². The van der Waals surface area contributed by atoms with Gasteiger partial charge in [-0.1, -0.05) is 24.3 Å². The van der Waals surface area contributed by atoms with Crippen molar-refractivity contribution >= 4 is 22.5 Å². The molecular formula is C23H24F3N3O. The fourth-order valence-corrected chi connectivity index (χ4v) is 4.02. The summed E-state index contributed by atoms with van der Waals surface area (Å²) in [5.74, 6) is 0.110. The molecule has 0 radical (unpaired) electrons. The van der Waals surface area contributed by atoms with Gasteiger partial charge in [-0.05, 0) is 42.7 Å². The Morgan fingerprint density at radius 3 is 2.53 bits per heavy atom. The molecule has 1 N–H and O–H groups in total. The van der Waals surface area contributed by atoms with E-state index in [0.717, 1.165) is 24.4 Å². The summed E-state index contributed by atoms with van der Waals surface area (Å²) >= 11 is 0. The second-order valence-corrected chi connectivity index (χ2v) is 7.63. The van der Waals surface area contributed by atoms with Gasteiger partial charge in [0, 0.05) is 55.4 Å². The molecule has 1 fully saturated rings. The number of aryl methyl sites for hydroxylation is 1. The number of halogens is 3. The Hall–Kier alpha value is -2.96. The van der Waals surface area contributed by atoms with Crippen molar-refractivity contribution in [1.29, 1.82) is 0 Å². The molecular weight excluding hydrogens is 391 g/mol.